The van der Waals surface area contributed by atoms with Gasteiger partial charge in [-0.25, -0.2) is 0 Å². The average Bonchev–Trinajstić information content (AvgIpc) is 2.04. The largest absolute Gasteiger partial charge is 0.345 e. The second-order valence-corrected chi connectivity index (χ2v) is 3.36. The first kappa shape index (κ1) is 10.5. The fraction of sp³-hybridized carbons (Fsp3) is 0.375. The zero-order valence-electron chi connectivity index (χ0n) is 6.88. The summed E-state index contributed by atoms with van der Waals surface area (Å²) in [7, 11) is 0. The minimum Gasteiger partial charge on any atom is -0.313 e. The van der Waals surface area contributed by atoms with Crippen LogP contribution >= 0.6 is 15.9 Å². The maximum absolute atomic E-state index is 11.8. The van der Waals surface area contributed by atoms with Gasteiger partial charge in [-0.05, 0) is 35.0 Å². The van der Waals surface area contributed by atoms with E-state index in [1.807, 2.05) is 0 Å². The molecule has 0 aliphatic heterocycles. The highest BCUT2D eigenvalue weighted by Crippen LogP contribution is 2.18. The van der Waals surface area contributed by atoms with Crippen molar-refractivity contribution >= 4 is 15.9 Å². The molecule has 2 nitrogen and oxygen atoms in total. The molecule has 1 aromatic heterocycles. The van der Waals surface area contributed by atoms with Crippen molar-refractivity contribution in [2.75, 3.05) is 0 Å². The van der Waals surface area contributed by atoms with Crippen molar-refractivity contribution in [1.82, 2.24) is 4.98 Å². The third-order valence-corrected chi connectivity index (χ3v) is 1.94. The number of nitrogens with zero attached hydrogens (tertiary/aromatic N) is 1. The van der Waals surface area contributed by atoms with Gasteiger partial charge in [-0.2, -0.15) is 8.78 Å². The lowest BCUT2D eigenvalue weighted by atomic mass is 10.2. The van der Waals surface area contributed by atoms with Crippen LogP contribution < -0.4 is 0 Å². The van der Waals surface area contributed by atoms with Gasteiger partial charge in [-0.3, -0.25) is 4.98 Å². The molecule has 0 aromatic carbocycles. The maximum atomic E-state index is 11.8. The Hall–Kier alpha value is -0.550. The van der Waals surface area contributed by atoms with E-state index in [1.54, 1.807) is 18.3 Å². The molecule has 0 saturated carbocycles. The molecule has 0 radical (unpaired) electrons. The van der Waals surface area contributed by atoms with E-state index in [2.05, 4.69) is 25.7 Å². The van der Waals surface area contributed by atoms with Gasteiger partial charge in [0.05, 0.1) is 5.69 Å². The van der Waals surface area contributed by atoms with Crippen LogP contribution in [0.1, 0.15) is 18.7 Å². The highest BCUT2D eigenvalue weighted by molar-refractivity contribution is 9.10. The van der Waals surface area contributed by atoms with Crippen molar-refractivity contribution < 1.29 is 13.5 Å². The molecule has 5 heteroatoms. The topological polar surface area (TPSA) is 22.1 Å². The molecule has 0 spiro atoms. The quantitative estimate of drug-likeness (QED) is 0.824. The Morgan fingerprint density at radius 2 is 2.15 bits per heavy atom. The minimum atomic E-state index is -2.76. The van der Waals surface area contributed by atoms with Gasteiger partial charge in [-0.15, -0.1) is 0 Å². The van der Waals surface area contributed by atoms with E-state index < -0.39 is 12.7 Å². The van der Waals surface area contributed by atoms with Crippen LogP contribution in [0, 0.1) is 0 Å². The van der Waals surface area contributed by atoms with Crippen LogP contribution in [0.3, 0.4) is 0 Å². The number of ether oxygens (including phenoxy) is 1. The van der Waals surface area contributed by atoms with Gasteiger partial charge in [0.25, 0.3) is 0 Å². The van der Waals surface area contributed by atoms with Gasteiger partial charge in [0.2, 0.25) is 0 Å². The Morgan fingerprint density at radius 1 is 1.46 bits per heavy atom. The number of rotatable bonds is 3. The molecule has 72 valence electrons. The maximum Gasteiger partial charge on any atom is 0.345 e. The molecule has 0 bridgehead atoms. The second kappa shape index (κ2) is 4.62. The third kappa shape index (κ3) is 3.36. The molecular formula is C8H8BrF2NO. The third-order valence-electron chi connectivity index (χ3n) is 1.47. The molecule has 13 heavy (non-hydrogen) atoms. The van der Waals surface area contributed by atoms with E-state index in [0.29, 0.717) is 5.69 Å². The lowest BCUT2D eigenvalue weighted by molar-refractivity contribution is -0.160. The number of aromatic nitrogens is 1. The van der Waals surface area contributed by atoms with Crippen molar-refractivity contribution in [3.05, 3.63) is 28.5 Å². The van der Waals surface area contributed by atoms with E-state index in [1.165, 1.54) is 6.92 Å². The summed E-state index contributed by atoms with van der Waals surface area (Å²) in [5.74, 6) is 0. The summed E-state index contributed by atoms with van der Waals surface area (Å²) in [4.78, 5) is 3.93. The monoisotopic (exact) mass is 251 g/mol. The van der Waals surface area contributed by atoms with Crippen molar-refractivity contribution in [1.29, 1.82) is 0 Å². The van der Waals surface area contributed by atoms with Gasteiger partial charge >= 0.3 is 6.61 Å². The molecule has 0 aliphatic carbocycles. The number of alkyl halides is 2. The summed E-state index contributed by atoms with van der Waals surface area (Å²) >= 11 is 3.19. The zero-order chi connectivity index (χ0) is 9.84. The predicted molar refractivity (Wildman–Crippen MR) is 47.4 cm³/mol. The molecule has 0 fully saturated rings. The van der Waals surface area contributed by atoms with Crippen molar-refractivity contribution in [3.8, 4) is 0 Å². The summed E-state index contributed by atoms with van der Waals surface area (Å²) in [5, 5.41) is 0. The first-order valence-electron chi connectivity index (χ1n) is 3.64. The molecular weight excluding hydrogens is 244 g/mol. The Morgan fingerprint density at radius 3 is 2.62 bits per heavy atom. The summed E-state index contributed by atoms with van der Waals surface area (Å²) in [5.41, 5.74) is 0.489. The van der Waals surface area contributed by atoms with E-state index in [4.69, 9.17) is 0 Å². The summed E-state index contributed by atoms with van der Waals surface area (Å²) < 4.78 is 28.7. The first-order chi connectivity index (χ1) is 6.09. The summed E-state index contributed by atoms with van der Waals surface area (Å²) in [6.07, 6.45) is 0.855. The highest BCUT2D eigenvalue weighted by Gasteiger charge is 2.12. The van der Waals surface area contributed by atoms with Crippen LogP contribution in [0.5, 0.6) is 0 Å². The number of hydrogen-bond acceptors (Lipinski definition) is 2. The Balaban J connectivity index is 2.66. The molecule has 1 aromatic rings. The highest BCUT2D eigenvalue weighted by atomic mass is 79.9. The molecule has 0 saturated heterocycles. The fourth-order valence-corrected chi connectivity index (χ4v) is 1.09. The van der Waals surface area contributed by atoms with E-state index in [0.717, 1.165) is 4.47 Å². The standard InChI is InChI=1S/C8H8BrF2NO/c1-5(13-8(10)11)7-3-2-6(9)4-12-7/h2-5,8H,1H3. The smallest absolute Gasteiger partial charge is 0.313 e. The van der Waals surface area contributed by atoms with Gasteiger partial charge in [0.1, 0.15) is 6.10 Å². The minimum absolute atomic E-state index is 0.489. The second-order valence-electron chi connectivity index (χ2n) is 2.44. The van der Waals surface area contributed by atoms with Crippen molar-refractivity contribution in [2.45, 2.75) is 19.6 Å². The zero-order valence-corrected chi connectivity index (χ0v) is 8.46. The van der Waals surface area contributed by atoms with Gasteiger partial charge in [-0.1, -0.05) is 0 Å². The normalized spacial score (nSPS) is 13.3. The molecule has 1 atom stereocenters. The molecule has 0 N–H and O–H groups in total. The van der Waals surface area contributed by atoms with Crippen LogP contribution in [0.25, 0.3) is 0 Å². The van der Waals surface area contributed by atoms with Crippen molar-refractivity contribution in [2.24, 2.45) is 0 Å². The molecule has 0 amide bonds. The lowest BCUT2D eigenvalue weighted by Crippen LogP contribution is -2.06. The van der Waals surface area contributed by atoms with Crippen LogP contribution in [0.2, 0.25) is 0 Å². The van der Waals surface area contributed by atoms with Crippen LogP contribution in [0.4, 0.5) is 8.78 Å². The number of hydrogen-bond donors (Lipinski definition) is 0. The Kier molecular flexibility index (Phi) is 3.74. The van der Waals surface area contributed by atoms with Gasteiger partial charge in [0, 0.05) is 10.7 Å². The SMILES string of the molecule is CC(OC(F)F)c1ccc(Br)cn1. The van der Waals surface area contributed by atoms with Crippen LogP contribution in [-0.4, -0.2) is 11.6 Å². The molecule has 1 rings (SSSR count). The number of halogens is 3. The predicted octanol–water partition coefficient (Wildman–Crippen LogP) is 3.14. The summed E-state index contributed by atoms with van der Waals surface area (Å²) in [6.45, 7) is -1.23. The van der Waals surface area contributed by atoms with Gasteiger partial charge in [0.15, 0.2) is 0 Å². The van der Waals surface area contributed by atoms with Crippen LogP contribution in [-0.2, 0) is 4.74 Å². The van der Waals surface area contributed by atoms with E-state index >= 15 is 0 Å². The molecule has 1 heterocycles. The van der Waals surface area contributed by atoms with Crippen LogP contribution in [0.15, 0.2) is 22.8 Å². The molecule has 0 aliphatic rings. The van der Waals surface area contributed by atoms with E-state index in [9.17, 15) is 8.78 Å². The molecule has 1 unspecified atom stereocenters. The van der Waals surface area contributed by atoms with Gasteiger partial charge < -0.3 is 4.74 Å². The lowest BCUT2D eigenvalue weighted by Gasteiger charge is -2.10. The Labute approximate surface area is 83.1 Å². The first-order valence-corrected chi connectivity index (χ1v) is 4.44. The Bertz CT molecular complexity index is 265. The number of pyridine rings is 1. The summed E-state index contributed by atoms with van der Waals surface area (Å²) in [6, 6.07) is 3.37. The van der Waals surface area contributed by atoms with Crippen molar-refractivity contribution in [3.63, 3.8) is 0 Å². The van der Waals surface area contributed by atoms with E-state index in [-0.39, 0.29) is 0 Å². The fourth-order valence-electron chi connectivity index (χ4n) is 0.852. The average molecular weight is 252 g/mol.